The van der Waals surface area contributed by atoms with Gasteiger partial charge in [0.1, 0.15) is 0 Å². The Hall–Kier alpha value is 0.840. The summed E-state index contributed by atoms with van der Waals surface area (Å²) in [5.74, 6) is 8.81. The van der Waals surface area contributed by atoms with Gasteiger partial charge in [0.05, 0.1) is 6.61 Å². The highest BCUT2D eigenvalue weighted by Gasteiger charge is 2.10. The predicted octanol–water partition coefficient (Wildman–Crippen LogP) is 0.812. The molecule has 0 saturated carbocycles. The normalized spacial score (nSPS) is 14.6. The summed E-state index contributed by atoms with van der Waals surface area (Å²) in [6, 6.07) is 0. The van der Waals surface area contributed by atoms with Gasteiger partial charge in [-0.05, 0) is 24.5 Å². The summed E-state index contributed by atoms with van der Waals surface area (Å²) < 4.78 is 4.91. The van der Waals surface area contributed by atoms with Gasteiger partial charge in [-0.1, -0.05) is 18.3 Å². The second-order valence-corrected chi connectivity index (χ2v) is 7.77. The molecule has 0 aliphatic carbocycles. The molecule has 0 rings (SSSR count). The molecule has 0 aliphatic rings. The maximum atomic E-state index is 9.18. The van der Waals surface area contributed by atoms with E-state index in [2.05, 4.69) is 11.7 Å². The molecule has 0 aromatic rings. The van der Waals surface area contributed by atoms with E-state index in [4.69, 9.17) is 16.3 Å². The second-order valence-electron chi connectivity index (χ2n) is 1.30. The van der Waals surface area contributed by atoms with Crippen LogP contribution in [0.25, 0.3) is 0 Å². The molecule has 0 spiro atoms. The average molecular weight is 218 g/mol. The van der Waals surface area contributed by atoms with E-state index in [-0.39, 0.29) is 0 Å². The van der Waals surface area contributed by atoms with Crippen LogP contribution in [-0.2, 0) is 16.3 Å². The van der Waals surface area contributed by atoms with Gasteiger partial charge in [-0.3, -0.25) is 11.7 Å². The lowest BCUT2D eigenvalue weighted by Gasteiger charge is -2.11. The Morgan fingerprint density at radius 3 is 2.27 bits per heavy atom. The maximum absolute atomic E-state index is 9.18. The molecule has 0 aromatic heterocycles. The second kappa shape index (κ2) is 8.93. The first-order valence-electron chi connectivity index (χ1n) is 3.07. The summed E-state index contributed by atoms with van der Waals surface area (Å²) in [4.78, 5) is 9.18. The number of hydrogen-bond donors (Lipinski definition) is 3. The van der Waals surface area contributed by atoms with Crippen molar-refractivity contribution in [2.75, 3.05) is 12.4 Å². The van der Waals surface area contributed by atoms with Crippen LogP contribution < -0.4 is 11.7 Å². The van der Waals surface area contributed by atoms with Crippen LogP contribution in [0, 0.1) is 0 Å². The summed E-state index contributed by atoms with van der Waals surface area (Å²) in [6.07, 6.45) is 0. The quantitative estimate of drug-likeness (QED) is 0.368. The number of hydrazine groups is 1. The van der Waals surface area contributed by atoms with Crippen molar-refractivity contribution in [3.63, 3.8) is 0 Å². The van der Waals surface area contributed by atoms with Gasteiger partial charge in [-0.15, -0.1) is 0 Å². The fourth-order valence-electron chi connectivity index (χ4n) is 0.364. The fourth-order valence-corrected chi connectivity index (χ4v) is 3.87. The third-order valence-corrected chi connectivity index (χ3v) is 5.09. The first-order valence-corrected chi connectivity index (χ1v) is 7.34. The Bertz CT molecular complexity index is 115. The summed E-state index contributed by atoms with van der Waals surface area (Å²) >= 11 is 6.07. The van der Waals surface area contributed by atoms with Crippen molar-refractivity contribution in [2.24, 2.45) is 11.7 Å². The van der Waals surface area contributed by atoms with Crippen molar-refractivity contribution in [1.82, 2.24) is 0 Å². The largest absolute Gasteiger partial charge is 0.337 e. The Morgan fingerprint density at radius 2 is 2.00 bits per heavy atom. The Morgan fingerprint density at radius 1 is 1.55 bits per heavy atom. The maximum Gasteiger partial charge on any atom is 0.244 e. The van der Waals surface area contributed by atoms with Gasteiger partial charge >= 0.3 is 0 Å². The SMILES string of the molecule is CCOP(O)(=S)SCC.NN. The van der Waals surface area contributed by atoms with Crippen molar-refractivity contribution >= 4 is 28.9 Å². The third kappa shape index (κ3) is 10.8. The first-order chi connectivity index (χ1) is 5.12. The molecule has 5 N–H and O–H groups in total. The molecule has 0 radical (unpaired) electrons. The van der Waals surface area contributed by atoms with Gasteiger partial charge in [-0.25, -0.2) is 0 Å². The van der Waals surface area contributed by atoms with Crippen LogP contribution in [0.5, 0.6) is 0 Å². The Labute approximate surface area is 76.6 Å². The fraction of sp³-hybridized carbons (Fsp3) is 1.00. The van der Waals surface area contributed by atoms with Crippen molar-refractivity contribution in [3.05, 3.63) is 0 Å². The summed E-state index contributed by atoms with van der Waals surface area (Å²) in [5, 5.41) is 0. The number of hydrogen-bond acceptors (Lipinski definition) is 5. The molecule has 0 aromatic carbocycles. The minimum atomic E-state index is -2.44. The van der Waals surface area contributed by atoms with Crippen LogP contribution in [0.1, 0.15) is 13.8 Å². The minimum absolute atomic E-state index is 0.501. The zero-order valence-corrected chi connectivity index (χ0v) is 9.22. The molecule has 0 amide bonds. The molecule has 0 aliphatic heterocycles. The topological polar surface area (TPSA) is 81.5 Å². The highest BCUT2D eigenvalue weighted by atomic mass is 32.9. The van der Waals surface area contributed by atoms with Gasteiger partial charge in [0.2, 0.25) is 5.69 Å². The molecule has 4 nitrogen and oxygen atoms in total. The smallest absolute Gasteiger partial charge is 0.244 e. The van der Waals surface area contributed by atoms with E-state index in [0.29, 0.717) is 6.61 Å². The molecular formula is C4H15N2O2PS2. The molecule has 11 heavy (non-hydrogen) atoms. The van der Waals surface area contributed by atoms with Crippen LogP contribution >= 0.6 is 17.1 Å². The molecule has 0 bridgehead atoms. The van der Waals surface area contributed by atoms with E-state index < -0.39 is 5.69 Å². The molecule has 0 heterocycles. The van der Waals surface area contributed by atoms with Gasteiger partial charge in [0.15, 0.2) is 0 Å². The Balaban J connectivity index is 0. The lowest BCUT2D eigenvalue weighted by Crippen LogP contribution is -2.02. The van der Waals surface area contributed by atoms with E-state index in [1.165, 1.54) is 11.4 Å². The van der Waals surface area contributed by atoms with Crippen LogP contribution in [-0.4, -0.2) is 17.3 Å². The minimum Gasteiger partial charge on any atom is -0.337 e. The lowest BCUT2D eigenvalue weighted by molar-refractivity contribution is 0.341. The number of nitrogens with two attached hydrogens (primary N) is 2. The highest BCUT2D eigenvalue weighted by Crippen LogP contribution is 2.55. The molecule has 0 fully saturated rings. The first kappa shape index (κ1) is 14.4. The summed E-state index contributed by atoms with van der Waals surface area (Å²) in [7, 11) is 0. The van der Waals surface area contributed by atoms with Gasteiger partial charge in [0.25, 0.3) is 0 Å². The average Bonchev–Trinajstić information content (AvgIpc) is 1.91. The molecule has 7 heteroatoms. The van der Waals surface area contributed by atoms with Crippen molar-refractivity contribution < 1.29 is 9.42 Å². The monoisotopic (exact) mass is 218 g/mol. The van der Waals surface area contributed by atoms with Crippen molar-refractivity contribution in [3.8, 4) is 0 Å². The molecule has 0 saturated heterocycles. The molecular weight excluding hydrogens is 203 g/mol. The summed E-state index contributed by atoms with van der Waals surface area (Å²) in [6.45, 7) is 4.27. The van der Waals surface area contributed by atoms with E-state index in [1.807, 2.05) is 13.8 Å². The van der Waals surface area contributed by atoms with E-state index >= 15 is 0 Å². The summed E-state index contributed by atoms with van der Waals surface area (Å²) in [5.41, 5.74) is -2.44. The van der Waals surface area contributed by atoms with E-state index in [0.717, 1.165) is 5.75 Å². The number of rotatable bonds is 4. The predicted molar refractivity (Wildman–Crippen MR) is 54.6 cm³/mol. The van der Waals surface area contributed by atoms with Crippen LogP contribution in [0.4, 0.5) is 0 Å². The Kier molecular flexibility index (Phi) is 11.7. The van der Waals surface area contributed by atoms with E-state index in [9.17, 15) is 4.89 Å². The van der Waals surface area contributed by atoms with Gasteiger partial charge in [0, 0.05) is 0 Å². The van der Waals surface area contributed by atoms with Gasteiger partial charge in [-0.2, -0.15) is 0 Å². The standard InChI is InChI=1S/C4H11O2PS2.H4N2/c1-3-6-7(5,8)9-4-2;1-2/h3-4H2,1-2H3,(H,5,8);1-2H2. The molecule has 1 atom stereocenters. The lowest BCUT2D eigenvalue weighted by atomic mass is 10.9. The van der Waals surface area contributed by atoms with Crippen LogP contribution in [0.15, 0.2) is 0 Å². The molecule has 1 unspecified atom stereocenters. The van der Waals surface area contributed by atoms with Crippen LogP contribution in [0.3, 0.4) is 0 Å². The zero-order chi connectivity index (χ0) is 9.33. The van der Waals surface area contributed by atoms with E-state index in [1.54, 1.807) is 0 Å². The highest BCUT2D eigenvalue weighted by molar-refractivity contribution is 8.67. The van der Waals surface area contributed by atoms with Crippen molar-refractivity contribution in [2.45, 2.75) is 13.8 Å². The van der Waals surface area contributed by atoms with Crippen molar-refractivity contribution in [1.29, 1.82) is 0 Å². The zero-order valence-electron chi connectivity index (χ0n) is 6.69. The third-order valence-electron chi connectivity index (χ3n) is 0.584. The van der Waals surface area contributed by atoms with Crippen LogP contribution in [0.2, 0.25) is 0 Å². The molecule has 70 valence electrons. The van der Waals surface area contributed by atoms with Gasteiger partial charge < -0.3 is 9.42 Å².